The lowest BCUT2D eigenvalue weighted by Crippen LogP contribution is -2.46. The first kappa shape index (κ1) is 12.6. The molecule has 1 aliphatic heterocycles. The lowest BCUT2D eigenvalue weighted by Gasteiger charge is -2.29. The number of nitrogens with one attached hydrogen (secondary N) is 4. The Bertz CT molecular complexity index is 442. The highest BCUT2D eigenvalue weighted by Gasteiger charge is 2.29. The molecule has 0 amide bonds. The Morgan fingerprint density at radius 1 is 0.955 bits per heavy atom. The van der Waals surface area contributed by atoms with Crippen molar-refractivity contribution in [3.8, 4) is 0 Å². The quantitative estimate of drug-likeness (QED) is 0.430. The summed E-state index contributed by atoms with van der Waals surface area (Å²) in [7, 11) is 0. The molecule has 7 nitrogen and oxygen atoms in total. The van der Waals surface area contributed by atoms with Crippen molar-refractivity contribution >= 4 is 0 Å². The molecule has 1 saturated carbocycles. The Hall–Kier alpha value is -0.760. The maximum atomic E-state index is 10.9. The molecule has 22 heavy (non-hydrogen) atoms. The third-order valence-corrected chi connectivity index (χ3v) is 4.54. The highest BCUT2D eigenvalue weighted by molar-refractivity contribution is 4.79. The van der Waals surface area contributed by atoms with E-state index in [1.807, 2.05) is 0 Å². The zero-order valence-electron chi connectivity index (χ0n) is 17.3. The first-order valence-electron chi connectivity index (χ1n) is 10.2. The van der Waals surface area contributed by atoms with Gasteiger partial charge < -0.3 is 21.2 Å². The summed E-state index contributed by atoms with van der Waals surface area (Å²) in [5, 5.41) is 16.6. The lowest BCUT2D eigenvalue weighted by molar-refractivity contribution is -0.527. The fraction of sp³-hybridized carbons (Fsp3) is 1.00. The minimum atomic E-state index is -0.428. The third-order valence-electron chi connectivity index (χ3n) is 4.54. The van der Waals surface area contributed by atoms with Crippen molar-refractivity contribution < 1.29 is 10.6 Å². The number of nitro groups is 1. The molecule has 2 rings (SSSR count). The number of hydrogen-bond donors (Lipinski definition) is 4. The molecule has 128 valence electrons. The van der Waals surface area contributed by atoms with Gasteiger partial charge in [0.2, 0.25) is 6.04 Å². The van der Waals surface area contributed by atoms with Gasteiger partial charge in [0.1, 0.15) is 5.65 Å². The van der Waals surface area contributed by atoms with Gasteiger partial charge in [0.25, 0.3) is 0 Å². The minimum Gasteiger partial charge on any atom is -0.314 e. The van der Waals surface area contributed by atoms with Crippen LogP contribution in [0.15, 0.2) is 0 Å². The highest BCUT2D eigenvalue weighted by atomic mass is 16.6. The predicted molar refractivity (Wildman–Crippen MR) is 87.8 cm³/mol. The van der Waals surface area contributed by atoms with E-state index in [1.165, 1.54) is 21.2 Å². The van der Waals surface area contributed by atoms with E-state index in [0.717, 1.165) is 19.3 Å². The van der Waals surface area contributed by atoms with Gasteiger partial charge in [0.15, 0.2) is 0 Å². The van der Waals surface area contributed by atoms with E-state index >= 15 is 0 Å². The maximum absolute atomic E-state index is 10.9. The summed E-state index contributed by atoms with van der Waals surface area (Å²) in [6, 6.07) is -0.557. The fourth-order valence-electron chi connectivity index (χ4n) is 3.24. The van der Waals surface area contributed by atoms with Gasteiger partial charge in [-0.05, 0) is 25.2 Å². The van der Waals surface area contributed by atoms with Crippen molar-refractivity contribution in [1.29, 1.82) is 0 Å². The second kappa shape index (κ2) is 10.1. The Labute approximate surface area is 139 Å². The van der Waals surface area contributed by atoms with Crippen molar-refractivity contribution in [2.75, 3.05) is 45.8 Å². The van der Waals surface area contributed by atoms with E-state index in [0.29, 0.717) is 64.6 Å². The molecule has 0 aromatic carbocycles. The van der Waals surface area contributed by atoms with Gasteiger partial charge in [-0.1, -0.05) is 0 Å². The van der Waals surface area contributed by atoms with E-state index in [-0.39, 0.29) is 11.0 Å². The summed E-state index contributed by atoms with van der Waals surface area (Å²) in [5.41, 5.74) is 0. The van der Waals surface area contributed by atoms with Crippen LogP contribution in [0.2, 0.25) is 5.65 Å². The molecule has 0 spiro atoms. The number of rotatable bonds is 3. The summed E-state index contributed by atoms with van der Waals surface area (Å²) >= 11 is 0. The van der Waals surface area contributed by atoms with Crippen LogP contribution >= 0.6 is 0 Å². The zero-order chi connectivity index (χ0) is 19.1. The molecule has 7 heteroatoms. The van der Waals surface area contributed by atoms with Gasteiger partial charge in [-0.3, -0.25) is 10.1 Å². The van der Waals surface area contributed by atoms with E-state index in [9.17, 15) is 10.1 Å². The summed E-state index contributed by atoms with van der Waals surface area (Å²) in [4.78, 5) is 10.7. The van der Waals surface area contributed by atoms with Crippen LogP contribution in [0, 0.1) is 16.0 Å². The van der Waals surface area contributed by atoms with E-state index in [4.69, 9.17) is 5.65 Å². The van der Waals surface area contributed by atoms with Crippen LogP contribution in [0.1, 0.15) is 32.1 Å². The van der Waals surface area contributed by atoms with Crippen molar-refractivity contribution in [1.82, 2.24) is 21.2 Å². The second-order valence-corrected chi connectivity index (χ2v) is 6.23. The normalized spacial score (nSPS) is 38.8. The molecule has 2 fully saturated rings. The standard InChI is InChI=1S/C15H31N5O2/c21-20(22)15-3-1-13(2-4-15)11-14-12-18-8-7-16-5-6-17-9-10-19-14/h13-19H,1-12H2/i/hT4. The molecule has 0 bridgehead atoms. The van der Waals surface area contributed by atoms with Crippen LogP contribution in [-0.4, -0.2) is 62.8 Å². The smallest absolute Gasteiger partial charge is 0.213 e. The van der Waals surface area contributed by atoms with Gasteiger partial charge in [-0.15, -0.1) is 0 Å². The second-order valence-electron chi connectivity index (χ2n) is 6.23. The van der Waals surface area contributed by atoms with Crippen LogP contribution in [0.25, 0.3) is 0 Å². The van der Waals surface area contributed by atoms with Crippen molar-refractivity contribution in [3.05, 3.63) is 10.1 Å². The van der Waals surface area contributed by atoms with Crippen LogP contribution in [0.4, 0.5) is 0 Å². The van der Waals surface area contributed by atoms with Crippen LogP contribution in [0.3, 0.4) is 0 Å². The lowest BCUT2D eigenvalue weighted by atomic mass is 9.82. The summed E-state index contributed by atoms with van der Waals surface area (Å²) < 4.78 is 32.3. The van der Waals surface area contributed by atoms with Gasteiger partial charge in [0.05, 0.1) is 0 Å². The number of hydrogen-bond acceptors (Lipinski definition) is 6. The molecule has 1 aliphatic carbocycles. The molecular formula is C15H31N5O2. The first-order valence-corrected chi connectivity index (χ1v) is 8.45. The van der Waals surface area contributed by atoms with Crippen molar-refractivity contribution in [3.63, 3.8) is 0 Å². The molecule has 4 N–H and O–H groups in total. The van der Waals surface area contributed by atoms with Crippen LogP contribution in [0.5, 0.6) is 0 Å². The molecule has 1 heterocycles. The molecule has 1 atom stereocenters. The van der Waals surface area contributed by atoms with E-state index in [2.05, 4.69) is 0 Å². The molecule has 1 unspecified atom stereocenters. The largest absolute Gasteiger partial charge is 0.314 e. The first-order chi connectivity index (χ1) is 12.3. The SMILES string of the molecule is [3H]N1CCN([3H])CCN([3H])C(CC2CCC([N+](=O)[O-])CC2)CN([3H])CC1. The molecular weight excluding hydrogens is 282 g/mol. The Kier molecular flexibility index (Phi) is 5.80. The van der Waals surface area contributed by atoms with E-state index < -0.39 is 6.04 Å². The summed E-state index contributed by atoms with van der Waals surface area (Å²) in [6.07, 6.45) is 3.56. The zero-order valence-corrected chi connectivity index (χ0v) is 13.3. The summed E-state index contributed by atoms with van der Waals surface area (Å²) in [5.74, 6) is 0.352. The highest BCUT2D eigenvalue weighted by Crippen LogP contribution is 2.29. The predicted octanol–water partition coefficient (Wildman–Crippen LogP) is -0.0474. The van der Waals surface area contributed by atoms with Crippen molar-refractivity contribution in [2.24, 2.45) is 5.92 Å². The van der Waals surface area contributed by atoms with Gasteiger partial charge in [-0.25, -0.2) is 0 Å². The molecule has 1 saturated heterocycles. The van der Waals surface area contributed by atoms with Gasteiger partial charge in [-0.2, -0.15) is 0 Å². The van der Waals surface area contributed by atoms with E-state index in [1.54, 1.807) is 0 Å². The Morgan fingerprint density at radius 2 is 1.55 bits per heavy atom. The molecule has 0 aromatic heterocycles. The maximum Gasteiger partial charge on any atom is 0.213 e. The number of nitrogens with zero attached hydrogens (tertiary/aromatic N) is 1. The Balaban J connectivity index is 1.93. The Morgan fingerprint density at radius 3 is 2.18 bits per heavy atom. The molecule has 2 aliphatic rings. The van der Waals surface area contributed by atoms with Crippen LogP contribution in [-0.2, 0) is 0 Å². The monoisotopic (exact) mass is 321 g/mol. The molecule has 0 aromatic rings. The van der Waals surface area contributed by atoms with Crippen molar-refractivity contribution in [2.45, 2.75) is 44.2 Å². The molecule has 0 radical (unpaired) electrons. The van der Waals surface area contributed by atoms with Crippen LogP contribution < -0.4 is 21.2 Å². The van der Waals surface area contributed by atoms with Gasteiger partial charge in [0, 0.05) is 69.6 Å². The van der Waals surface area contributed by atoms with Gasteiger partial charge >= 0.3 is 0 Å². The summed E-state index contributed by atoms with van der Waals surface area (Å²) in [6.45, 7) is 3.05. The topological polar surface area (TPSA) is 91.3 Å². The fourth-order valence-corrected chi connectivity index (χ4v) is 3.24. The average Bonchev–Trinajstić information content (AvgIpc) is 2.61. The minimum absolute atomic E-state index is 0.128. The average molecular weight is 321 g/mol. The third kappa shape index (κ3) is 6.56.